The summed E-state index contributed by atoms with van der Waals surface area (Å²) in [5.74, 6) is -5.56. The van der Waals surface area contributed by atoms with Crippen molar-refractivity contribution in [3.05, 3.63) is 82.6 Å². The highest BCUT2D eigenvalue weighted by atomic mass is 19.2. The first-order valence-corrected chi connectivity index (χ1v) is 10.2. The Kier molecular flexibility index (Phi) is 7.06. The molecule has 0 unspecified atom stereocenters. The predicted octanol–water partition coefficient (Wildman–Crippen LogP) is 3.47. The molecule has 11 heteroatoms. The number of rotatable bonds is 7. The monoisotopic (exact) mass is 478 g/mol. The molecule has 0 radical (unpaired) electrons. The lowest BCUT2D eigenvalue weighted by molar-refractivity contribution is -0.132. The molecule has 0 spiro atoms. The number of H-pyrrole nitrogens is 1. The quantitative estimate of drug-likeness (QED) is 0.390. The number of carbonyl (C=O) groups is 2. The zero-order chi connectivity index (χ0) is 25.2. The minimum atomic E-state index is -1.90. The molecule has 0 aliphatic carbocycles. The molecule has 180 valence electrons. The third kappa shape index (κ3) is 5.25. The second kappa shape index (κ2) is 9.64. The summed E-state index contributed by atoms with van der Waals surface area (Å²) in [6, 6.07) is 6.28. The van der Waals surface area contributed by atoms with Crippen LogP contribution in [0.3, 0.4) is 0 Å². The van der Waals surface area contributed by atoms with Crippen LogP contribution < -0.4 is 10.6 Å². The minimum Gasteiger partial charge on any atom is -0.378 e. The van der Waals surface area contributed by atoms with Crippen molar-refractivity contribution in [2.24, 2.45) is 0 Å². The molecule has 0 bridgehead atoms. The summed E-state index contributed by atoms with van der Waals surface area (Å²) < 4.78 is 54.6. The molecule has 4 N–H and O–H groups in total. The number of anilines is 1. The van der Waals surface area contributed by atoms with Crippen LogP contribution in [0.5, 0.6) is 0 Å². The highest BCUT2D eigenvalue weighted by Crippen LogP contribution is 2.33. The van der Waals surface area contributed by atoms with Crippen LogP contribution in [0.1, 0.15) is 43.7 Å². The fraction of sp³-hybridized carbons (Fsp3) is 0.261. The fourth-order valence-electron chi connectivity index (χ4n) is 3.31. The lowest BCUT2D eigenvalue weighted by Crippen LogP contribution is -2.43. The van der Waals surface area contributed by atoms with Crippen molar-refractivity contribution >= 4 is 17.6 Å². The predicted molar refractivity (Wildman–Crippen MR) is 115 cm³/mol. The number of aromatic nitrogens is 2. The number of nitrogens with zero attached hydrogens (tertiary/aromatic N) is 1. The number of carbonyl (C=O) groups excluding carboxylic acids is 2. The number of amides is 2. The van der Waals surface area contributed by atoms with Crippen LogP contribution in [0.2, 0.25) is 0 Å². The highest BCUT2D eigenvalue weighted by Gasteiger charge is 2.31. The summed E-state index contributed by atoms with van der Waals surface area (Å²) in [7, 11) is 0. The molecule has 0 fully saturated rings. The number of benzene rings is 2. The fourth-order valence-corrected chi connectivity index (χ4v) is 3.31. The zero-order valence-electron chi connectivity index (χ0n) is 18.4. The van der Waals surface area contributed by atoms with E-state index in [4.69, 9.17) is 0 Å². The topological polar surface area (TPSA) is 107 Å². The molecular formula is C23H22F4N4O3. The Labute approximate surface area is 192 Å². The van der Waals surface area contributed by atoms with Crippen molar-refractivity contribution in [2.45, 2.75) is 38.3 Å². The van der Waals surface area contributed by atoms with E-state index in [1.165, 1.54) is 25.1 Å². The van der Waals surface area contributed by atoms with Gasteiger partial charge in [0, 0.05) is 23.1 Å². The van der Waals surface area contributed by atoms with Crippen molar-refractivity contribution in [2.75, 3.05) is 5.32 Å². The molecular weight excluding hydrogens is 456 g/mol. The average molecular weight is 478 g/mol. The second-order valence-electron chi connectivity index (χ2n) is 8.22. The smallest absolute Gasteiger partial charge is 0.254 e. The Morgan fingerprint density at radius 1 is 1.03 bits per heavy atom. The van der Waals surface area contributed by atoms with Crippen molar-refractivity contribution in [1.82, 2.24) is 15.5 Å². The average Bonchev–Trinajstić information content (AvgIpc) is 3.23. The van der Waals surface area contributed by atoms with E-state index >= 15 is 0 Å². The number of nitrogens with one attached hydrogen (secondary N) is 3. The molecule has 0 aliphatic rings. The van der Waals surface area contributed by atoms with E-state index in [9.17, 15) is 32.3 Å². The van der Waals surface area contributed by atoms with Gasteiger partial charge in [0.2, 0.25) is 5.91 Å². The van der Waals surface area contributed by atoms with E-state index in [2.05, 4.69) is 20.8 Å². The van der Waals surface area contributed by atoms with Gasteiger partial charge in [0.1, 0.15) is 23.5 Å². The van der Waals surface area contributed by atoms with Gasteiger partial charge in [-0.2, -0.15) is 5.10 Å². The van der Waals surface area contributed by atoms with Crippen LogP contribution in [-0.4, -0.2) is 33.2 Å². The Morgan fingerprint density at radius 2 is 1.68 bits per heavy atom. The molecule has 2 atom stereocenters. The maximum absolute atomic E-state index is 14.3. The maximum atomic E-state index is 14.3. The van der Waals surface area contributed by atoms with Gasteiger partial charge in [-0.05, 0) is 44.5 Å². The summed E-state index contributed by atoms with van der Waals surface area (Å²) in [6.45, 7) is 4.59. The Bertz CT molecular complexity index is 1210. The van der Waals surface area contributed by atoms with Crippen molar-refractivity contribution < 1.29 is 32.3 Å². The summed E-state index contributed by atoms with van der Waals surface area (Å²) in [5, 5.41) is 21.4. The van der Waals surface area contributed by atoms with Crippen molar-refractivity contribution in [1.29, 1.82) is 0 Å². The molecule has 1 heterocycles. The molecule has 0 saturated carbocycles. The lowest BCUT2D eigenvalue weighted by Gasteiger charge is -2.23. The number of aromatic amines is 1. The number of halogens is 4. The first-order chi connectivity index (χ1) is 15.9. The number of aliphatic hydroxyl groups excluding tert-OH is 1. The molecule has 2 aromatic carbocycles. The van der Waals surface area contributed by atoms with Gasteiger partial charge in [0.25, 0.3) is 5.91 Å². The number of hydrogen-bond acceptors (Lipinski definition) is 4. The van der Waals surface area contributed by atoms with Gasteiger partial charge in [0.05, 0.1) is 5.69 Å². The molecule has 3 rings (SSSR count). The van der Waals surface area contributed by atoms with E-state index in [1.54, 1.807) is 13.8 Å². The highest BCUT2D eigenvalue weighted by molar-refractivity contribution is 5.97. The molecule has 34 heavy (non-hydrogen) atoms. The van der Waals surface area contributed by atoms with Gasteiger partial charge in [-0.1, -0.05) is 12.1 Å². The van der Waals surface area contributed by atoms with Crippen molar-refractivity contribution in [3.63, 3.8) is 0 Å². The third-order valence-corrected chi connectivity index (χ3v) is 5.30. The molecule has 0 saturated heterocycles. The first kappa shape index (κ1) is 24.9. The van der Waals surface area contributed by atoms with E-state index in [0.717, 1.165) is 18.2 Å². The molecule has 1 aromatic heterocycles. The lowest BCUT2D eigenvalue weighted by atomic mass is 9.81. The van der Waals surface area contributed by atoms with Crippen molar-refractivity contribution in [3.8, 4) is 0 Å². The molecule has 0 aliphatic heterocycles. The Hall–Kier alpha value is -3.73. The van der Waals surface area contributed by atoms with E-state index in [-0.39, 0.29) is 16.9 Å². The summed E-state index contributed by atoms with van der Waals surface area (Å²) in [6.07, 6.45) is -1.90. The van der Waals surface area contributed by atoms with E-state index in [0.29, 0.717) is 11.8 Å². The van der Waals surface area contributed by atoms with Gasteiger partial charge in [-0.15, -0.1) is 0 Å². The normalized spacial score (nSPS) is 13.3. The van der Waals surface area contributed by atoms with Crippen LogP contribution in [-0.2, 0) is 15.0 Å². The SMILES string of the molecule is C[C@H](NC(=O)[C@@H](O)c1cc(F)cc(F)c1)C(=O)Nc1cc(C(C)(C)c2cccc(F)c2F)n[nH]1. The summed E-state index contributed by atoms with van der Waals surface area (Å²) >= 11 is 0. The van der Waals surface area contributed by atoms with Crippen LogP contribution in [0.4, 0.5) is 23.4 Å². The van der Waals surface area contributed by atoms with Gasteiger partial charge >= 0.3 is 0 Å². The van der Waals surface area contributed by atoms with Gasteiger partial charge in [-0.3, -0.25) is 14.7 Å². The number of hydrogen-bond donors (Lipinski definition) is 4. The largest absolute Gasteiger partial charge is 0.378 e. The Morgan fingerprint density at radius 3 is 2.32 bits per heavy atom. The summed E-state index contributed by atoms with van der Waals surface area (Å²) in [4.78, 5) is 24.7. The van der Waals surface area contributed by atoms with Crippen LogP contribution in [0.25, 0.3) is 0 Å². The van der Waals surface area contributed by atoms with Gasteiger partial charge in [0.15, 0.2) is 17.7 Å². The molecule has 7 nitrogen and oxygen atoms in total. The van der Waals surface area contributed by atoms with Gasteiger partial charge < -0.3 is 15.7 Å². The second-order valence-corrected chi connectivity index (χ2v) is 8.22. The summed E-state index contributed by atoms with van der Waals surface area (Å²) in [5.41, 5.74) is -0.976. The van der Waals surface area contributed by atoms with E-state index < -0.39 is 52.6 Å². The third-order valence-electron chi connectivity index (χ3n) is 5.30. The first-order valence-electron chi connectivity index (χ1n) is 10.2. The van der Waals surface area contributed by atoms with Gasteiger partial charge in [-0.25, -0.2) is 17.6 Å². The van der Waals surface area contributed by atoms with Crippen LogP contribution >= 0.6 is 0 Å². The molecule has 2 amide bonds. The standard InChI is InChI=1S/C23H22F4N4O3/c1-11(28-22(34)20(32)12-7-13(24)9-14(25)8-12)21(33)29-18-10-17(30-31-18)23(2,3)15-5-4-6-16(26)19(15)27/h4-11,20,32H,1-3H3,(H,28,34)(H2,29,30,31,33)/t11-,20-/m0/s1. The van der Waals surface area contributed by atoms with E-state index in [1.807, 2.05) is 0 Å². The van der Waals surface area contributed by atoms with Crippen LogP contribution in [0, 0.1) is 23.3 Å². The number of aliphatic hydroxyl groups is 1. The minimum absolute atomic E-state index is 0.0697. The maximum Gasteiger partial charge on any atom is 0.254 e. The Balaban J connectivity index is 1.67. The molecule has 3 aromatic rings. The van der Waals surface area contributed by atoms with Crippen LogP contribution in [0.15, 0.2) is 42.5 Å². The zero-order valence-corrected chi connectivity index (χ0v) is 18.4.